The minimum atomic E-state index is -0.422. The second kappa shape index (κ2) is 7.40. The van der Waals surface area contributed by atoms with Crippen molar-refractivity contribution >= 4 is 17.4 Å². The van der Waals surface area contributed by atoms with Crippen LogP contribution in [-0.2, 0) is 4.79 Å². The fraction of sp³-hybridized carbons (Fsp3) is 0.176. The average molecular weight is 317 g/mol. The monoisotopic (exact) mass is 317 g/mol. The standard InChI is InChI=1S/C17H16FNO4/c1-11(20)15-8-7-14(22-2)9-16(15)23-10-17(21)19-13-5-3-12(18)4-6-13/h3-9H,10H2,1-2H3,(H,19,21). The van der Waals surface area contributed by atoms with Gasteiger partial charge in [0.25, 0.3) is 5.91 Å². The Labute approximate surface area is 133 Å². The van der Waals surface area contributed by atoms with E-state index in [2.05, 4.69) is 5.32 Å². The van der Waals surface area contributed by atoms with E-state index in [0.29, 0.717) is 17.0 Å². The van der Waals surface area contributed by atoms with Gasteiger partial charge in [-0.2, -0.15) is 0 Å². The molecule has 2 aromatic rings. The van der Waals surface area contributed by atoms with Gasteiger partial charge in [0.2, 0.25) is 0 Å². The number of benzene rings is 2. The molecule has 2 rings (SSSR count). The SMILES string of the molecule is COc1ccc(C(C)=O)c(OCC(=O)Nc2ccc(F)cc2)c1. The maximum absolute atomic E-state index is 12.8. The molecule has 0 fully saturated rings. The third kappa shape index (κ3) is 4.54. The van der Waals surface area contributed by atoms with E-state index in [1.54, 1.807) is 18.2 Å². The van der Waals surface area contributed by atoms with Crippen molar-refractivity contribution in [1.82, 2.24) is 0 Å². The Kier molecular flexibility index (Phi) is 5.30. The normalized spacial score (nSPS) is 10.0. The minimum Gasteiger partial charge on any atom is -0.497 e. The van der Waals surface area contributed by atoms with Crippen LogP contribution >= 0.6 is 0 Å². The number of methoxy groups -OCH3 is 1. The summed E-state index contributed by atoms with van der Waals surface area (Å²) >= 11 is 0. The van der Waals surface area contributed by atoms with Crippen molar-refractivity contribution in [2.75, 3.05) is 19.0 Å². The maximum atomic E-state index is 12.8. The zero-order chi connectivity index (χ0) is 16.8. The molecule has 0 atom stereocenters. The third-order valence-corrected chi connectivity index (χ3v) is 3.05. The molecule has 1 N–H and O–H groups in total. The van der Waals surface area contributed by atoms with Crippen molar-refractivity contribution in [3.05, 3.63) is 53.8 Å². The van der Waals surface area contributed by atoms with Crippen LogP contribution in [0.25, 0.3) is 0 Å². The molecule has 0 aliphatic carbocycles. The number of nitrogens with one attached hydrogen (secondary N) is 1. The molecule has 0 heterocycles. The molecule has 0 aromatic heterocycles. The Balaban J connectivity index is 2.03. The van der Waals surface area contributed by atoms with Crippen molar-refractivity contribution < 1.29 is 23.5 Å². The number of rotatable bonds is 6. The molecule has 0 unspecified atom stereocenters. The van der Waals surface area contributed by atoms with E-state index in [1.807, 2.05) is 0 Å². The van der Waals surface area contributed by atoms with Gasteiger partial charge < -0.3 is 14.8 Å². The summed E-state index contributed by atoms with van der Waals surface area (Å²) in [5.74, 6) is -0.202. The van der Waals surface area contributed by atoms with Crippen LogP contribution in [-0.4, -0.2) is 25.4 Å². The number of amides is 1. The fourth-order valence-corrected chi connectivity index (χ4v) is 1.91. The number of carbonyl (C=O) groups excluding carboxylic acids is 2. The van der Waals surface area contributed by atoms with Gasteiger partial charge in [-0.05, 0) is 43.3 Å². The van der Waals surface area contributed by atoms with Gasteiger partial charge in [-0.1, -0.05) is 0 Å². The molecule has 0 aliphatic heterocycles. The molecule has 23 heavy (non-hydrogen) atoms. The van der Waals surface area contributed by atoms with Crippen LogP contribution in [0.4, 0.5) is 10.1 Å². The lowest BCUT2D eigenvalue weighted by molar-refractivity contribution is -0.118. The van der Waals surface area contributed by atoms with Gasteiger partial charge in [-0.25, -0.2) is 4.39 Å². The van der Waals surface area contributed by atoms with E-state index in [1.165, 1.54) is 38.3 Å². The number of hydrogen-bond acceptors (Lipinski definition) is 4. The largest absolute Gasteiger partial charge is 0.497 e. The highest BCUT2D eigenvalue weighted by molar-refractivity contribution is 5.97. The van der Waals surface area contributed by atoms with Gasteiger partial charge in [-0.3, -0.25) is 9.59 Å². The summed E-state index contributed by atoms with van der Waals surface area (Å²) in [5, 5.41) is 2.57. The zero-order valence-electron chi connectivity index (χ0n) is 12.8. The first kappa shape index (κ1) is 16.5. The van der Waals surface area contributed by atoms with Crippen molar-refractivity contribution in [3.8, 4) is 11.5 Å². The molecule has 0 radical (unpaired) electrons. The van der Waals surface area contributed by atoms with Crippen LogP contribution in [0, 0.1) is 5.82 Å². The fourth-order valence-electron chi connectivity index (χ4n) is 1.91. The van der Waals surface area contributed by atoms with E-state index < -0.39 is 5.91 Å². The quantitative estimate of drug-likeness (QED) is 0.832. The van der Waals surface area contributed by atoms with Gasteiger partial charge in [-0.15, -0.1) is 0 Å². The van der Waals surface area contributed by atoms with E-state index in [-0.39, 0.29) is 24.0 Å². The predicted octanol–water partition coefficient (Wildman–Crippen LogP) is 3.05. The van der Waals surface area contributed by atoms with Gasteiger partial charge in [0, 0.05) is 11.8 Å². The highest BCUT2D eigenvalue weighted by Gasteiger charge is 2.12. The van der Waals surface area contributed by atoms with Crippen molar-refractivity contribution in [2.45, 2.75) is 6.92 Å². The highest BCUT2D eigenvalue weighted by atomic mass is 19.1. The van der Waals surface area contributed by atoms with Crippen molar-refractivity contribution in [2.24, 2.45) is 0 Å². The van der Waals surface area contributed by atoms with Crippen LogP contribution in [0.3, 0.4) is 0 Å². The maximum Gasteiger partial charge on any atom is 0.262 e. The number of Topliss-reactive ketones (excluding diaryl/α,β-unsaturated/α-hetero) is 1. The summed E-state index contributed by atoms with van der Waals surface area (Å²) in [6.07, 6.45) is 0. The van der Waals surface area contributed by atoms with Gasteiger partial charge in [0.1, 0.15) is 17.3 Å². The first-order valence-corrected chi connectivity index (χ1v) is 6.87. The molecule has 5 nitrogen and oxygen atoms in total. The van der Waals surface area contributed by atoms with Crippen molar-refractivity contribution in [3.63, 3.8) is 0 Å². The second-order valence-corrected chi connectivity index (χ2v) is 4.76. The number of anilines is 1. The lowest BCUT2D eigenvalue weighted by Crippen LogP contribution is -2.20. The average Bonchev–Trinajstić information content (AvgIpc) is 2.54. The zero-order valence-corrected chi connectivity index (χ0v) is 12.8. The Morgan fingerprint density at radius 1 is 1.13 bits per heavy atom. The van der Waals surface area contributed by atoms with Crippen LogP contribution in [0.1, 0.15) is 17.3 Å². The van der Waals surface area contributed by atoms with E-state index in [4.69, 9.17) is 9.47 Å². The highest BCUT2D eigenvalue weighted by Crippen LogP contribution is 2.25. The molecule has 1 amide bonds. The molecule has 0 spiro atoms. The summed E-state index contributed by atoms with van der Waals surface area (Å²) in [7, 11) is 1.49. The first-order valence-electron chi connectivity index (χ1n) is 6.87. The summed E-state index contributed by atoms with van der Waals surface area (Å²) in [4.78, 5) is 23.4. The Bertz CT molecular complexity index is 713. The van der Waals surface area contributed by atoms with Crippen molar-refractivity contribution in [1.29, 1.82) is 0 Å². The number of hydrogen-bond donors (Lipinski definition) is 1. The third-order valence-electron chi connectivity index (χ3n) is 3.05. The first-order chi connectivity index (χ1) is 11.0. The Hall–Kier alpha value is -2.89. The number of ketones is 1. The van der Waals surface area contributed by atoms with Gasteiger partial charge in [0.05, 0.1) is 12.7 Å². The Morgan fingerprint density at radius 3 is 2.43 bits per heavy atom. The molecule has 0 aliphatic rings. The topological polar surface area (TPSA) is 64.6 Å². The number of carbonyl (C=O) groups is 2. The smallest absolute Gasteiger partial charge is 0.262 e. The van der Waals surface area contributed by atoms with Gasteiger partial charge in [0.15, 0.2) is 12.4 Å². The summed E-state index contributed by atoms with van der Waals surface area (Å²) < 4.78 is 23.3. The summed E-state index contributed by atoms with van der Waals surface area (Å²) in [6, 6.07) is 10.1. The summed E-state index contributed by atoms with van der Waals surface area (Å²) in [6.45, 7) is 1.12. The number of ether oxygens (including phenoxy) is 2. The molecule has 0 saturated heterocycles. The van der Waals surface area contributed by atoms with E-state index >= 15 is 0 Å². The molecule has 120 valence electrons. The van der Waals surface area contributed by atoms with E-state index in [0.717, 1.165) is 0 Å². The molecule has 2 aromatic carbocycles. The van der Waals surface area contributed by atoms with Crippen LogP contribution in [0.2, 0.25) is 0 Å². The molecular formula is C17H16FNO4. The van der Waals surface area contributed by atoms with Gasteiger partial charge >= 0.3 is 0 Å². The number of halogens is 1. The molecule has 6 heteroatoms. The summed E-state index contributed by atoms with van der Waals surface area (Å²) in [5.41, 5.74) is 0.817. The minimum absolute atomic E-state index is 0.179. The molecule has 0 saturated carbocycles. The van der Waals surface area contributed by atoms with Crippen LogP contribution < -0.4 is 14.8 Å². The second-order valence-electron chi connectivity index (χ2n) is 4.76. The van der Waals surface area contributed by atoms with Crippen LogP contribution in [0.15, 0.2) is 42.5 Å². The Morgan fingerprint density at radius 2 is 1.83 bits per heavy atom. The molecular weight excluding hydrogens is 301 g/mol. The van der Waals surface area contributed by atoms with Crippen LogP contribution in [0.5, 0.6) is 11.5 Å². The predicted molar refractivity (Wildman–Crippen MR) is 83.5 cm³/mol. The molecule has 0 bridgehead atoms. The lowest BCUT2D eigenvalue weighted by atomic mass is 10.1. The van der Waals surface area contributed by atoms with E-state index in [9.17, 15) is 14.0 Å². The lowest BCUT2D eigenvalue weighted by Gasteiger charge is -2.11.